The molecule has 0 radical (unpaired) electrons. The van der Waals surface area contributed by atoms with Gasteiger partial charge < -0.3 is 10.3 Å². The third kappa shape index (κ3) is 2.65. The molecule has 2 heterocycles. The highest BCUT2D eigenvalue weighted by Crippen LogP contribution is 2.04. The van der Waals surface area contributed by atoms with Gasteiger partial charge in [-0.05, 0) is 13.0 Å². The molecule has 6 nitrogen and oxygen atoms in total. The minimum atomic E-state index is -0.227. The predicted octanol–water partition coefficient (Wildman–Crippen LogP) is 0.347. The van der Waals surface area contributed by atoms with Gasteiger partial charge in [-0.2, -0.15) is 5.10 Å². The highest BCUT2D eigenvalue weighted by molar-refractivity contribution is 5.93. The van der Waals surface area contributed by atoms with Gasteiger partial charge in [0.15, 0.2) is 0 Å². The number of hydrogen-bond acceptors (Lipinski definition) is 3. The van der Waals surface area contributed by atoms with Crippen LogP contribution in [0.1, 0.15) is 21.6 Å². The fraction of sp³-hybridized carbons (Fsp3) is 0.250. The Labute approximate surface area is 104 Å². The number of nitrogens with zero attached hydrogens (tertiary/aromatic N) is 2. The standard InChI is InChI=1S/C12H14N4O2/c1-8-10(7-16(2)15-8)6-14-12(18)9-3-4-11(17)13-5-9/h3-5,7H,6H2,1-2H3,(H,13,17)(H,14,18). The highest BCUT2D eigenvalue weighted by atomic mass is 16.1. The molecule has 94 valence electrons. The molecule has 2 aromatic heterocycles. The topological polar surface area (TPSA) is 79.8 Å². The van der Waals surface area contributed by atoms with Crippen molar-refractivity contribution in [1.29, 1.82) is 0 Å². The lowest BCUT2D eigenvalue weighted by atomic mass is 10.2. The van der Waals surface area contributed by atoms with Crippen LogP contribution in [-0.2, 0) is 13.6 Å². The largest absolute Gasteiger partial charge is 0.348 e. The van der Waals surface area contributed by atoms with E-state index in [1.807, 2.05) is 20.2 Å². The van der Waals surface area contributed by atoms with Crippen LogP contribution in [0.3, 0.4) is 0 Å². The van der Waals surface area contributed by atoms with Crippen molar-refractivity contribution in [1.82, 2.24) is 20.1 Å². The summed E-state index contributed by atoms with van der Waals surface area (Å²) in [4.78, 5) is 25.1. The van der Waals surface area contributed by atoms with E-state index in [0.29, 0.717) is 12.1 Å². The van der Waals surface area contributed by atoms with E-state index in [1.165, 1.54) is 18.3 Å². The van der Waals surface area contributed by atoms with Gasteiger partial charge in [-0.15, -0.1) is 0 Å². The first-order valence-corrected chi connectivity index (χ1v) is 5.52. The van der Waals surface area contributed by atoms with Crippen molar-refractivity contribution in [3.05, 3.63) is 51.7 Å². The number of nitrogens with one attached hydrogen (secondary N) is 2. The third-order valence-electron chi connectivity index (χ3n) is 2.60. The van der Waals surface area contributed by atoms with Gasteiger partial charge in [0.25, 0.3) is 5.91 Å². The first kappa shape index (κ1) is 12.1. The molecule has 0 bridgehead atoms. The Kier molecular flexibility index (Phi) is 3.27. The van der Waals surface area contributed by atoms with Crippen LogP contribution >= 0.6 is 0 Å². The highest BCUT2D eigenvalue weighted by Gasteiger charge is 2.07. The van der Waals surface area contributed by atoms with Crippen LogP contribution < -0.4 is 10.9 Å². The second-order valence-electron chi connectivity index (χ2n) is 4.04. The average molecular weight is 246 g/mol. The molecule has 0 aromatic carbocycles. The number of aromatic amines is 1. The molecule has 0 saturated heterocycles. The predicted molar refractivity (Wildman–Crippen MR) is 66.2 cm³/mol. The molecule has 2 aromatic rings. The van der Waals surface area contributed by atoms with E-state index < -0.39 is 0 Å². The van der Waals surface area contributed by atoms with Crippen LogP contribution in [0.15, 0.2) is 29.3 Å². The first-order chi connectivity index (χ1) is 8.56. The molecule has 2 rings (SSSR count). The number of amides is 1. The van der Waals surface area contributed by atoms with E-state index in [4.69, 9.17) is 0 Å². The maximum Gasteiger partial charge on any atom is 0.253 e. The summed E-state index contributed by atoms with van der Waals surface area (Å²) in [6.07, 6.45) is 3.26. The van der Waals surface area contributed by atoms with E-state index in [0.717, 1.165) is 11.3 Å². The van der Waals surface area contributed by atoms with Gasteiger partial charge in [0.05, 0.1) is 11.3 Å². The minimum absolute atomic E-state index is 0.227. The molecule has 1 amide bonds. The van der Waals surface area contributed by atoms with E-state index in [2.05, 4.69) is 15.4 Å². The molecule has 0 fully saturated rings. The van der Waals surface area contributed by atoms with E-state index in [9.17, 15) is 9.59 Å². The van der Waals surface area contributed by atoms with Gasteiger partial charge in [0.1, 0.15) is 0 Å². The summed E-state index contributed by atoms with van der Waals surface area (Å²) in [5, 5.41) is 6.97. The van der Waals surface area contributed by atoms with Crippen molar-refractivity contribution in [3.63, 3.8) is 0 Å². The summed E-state index contributed by atoms with van der Waals surface area (Å²) in [5.74, 6) is -0.227. The van der Waals surface area contributed by atoms with E-state index >= 15 is 0 Å². The normalized spacial score (nSPS) is 10.3. The fourth-order valence-corrected chi connectivity index (χ4v) is 1.65. The molecule has 2 N–H and O–H groups in total. The maximum atomic E-state index is 11.8. The Morgan fingerprint density at radius 1 is 1.50 bits per heavy atom. The summed E-state index contributed by atoms with van der Waals surface area (Å²) in [7, 11) is 1.83. The van der Waals surface area contributed by atoms with Gasteiger partial charge in [0.2, 0.25) is 5.56 Å². The van der Waals surface area contributed by atoms with Crippen LogP contribution in [0.5, 0.6) is 0 Å². The van der Waals surface area contributed by atoms with Crippen molar-refractivity contribution in [2.75, 3.05) is 0 Å². The van der Waals surface area contributed by atoms with Crippen molar-refractivity contribution in [3.8, 4) is 0 Å². The Hall–Kier alpha value is -2.37. The average Bonchev–Trinajstić information content (AvgIpc) is 2.66. The summed E-state index contributed by atoms with van der Waals surface area (Å²) in [6.45, 7) is 2.30. The van der Waals surface area contributed by atoms with Crippen LogP contribution in [0.2, 0.25) is 0 Å². The second-order valence-corrected chi connectivity index (χ2v) is 4.04. The Balaban J connectivity index is 2.02. The number of aromatic nitrogens is 3. The van der Waals surface area contributed by atoms with Gasteiger partial charge >= 0.3 is 0 Å². The molecule has 0 aliphatic heterocycles. The second kappa shape index (κ2) is 4.87. The van der Waals surface area contributed by atoms with Gasteiger partial charge in [-0.3, -0.25) is 14.3 Å². The molecule has 0 aliphatic carbocycles. The molecule has 0 unspecified atom stereocenters. The Morgan fingerprint density at radius 3 is 2.83 bits per heavy atom. The fourth-order valence-electron chi connectivity index (χ4n) is 1.65. The number of hydrogen-bond donors (Lipinski definition) is 2. The smallest absolute Gasteiger partial charge is 0.253 e. The van der Waals surface area contributed by atoms with Gasteiger partial charge in [-0.25, -0.2) is 0 Å². The lowest BCUT2D eigenvalue weighted by Crippen LogP contribution is -2.23. The number of carbonyl (C=O) groups is 1. The molecule has 0 spiro atoms. The third-order valence-corrected chi connectivity index (χ3v) is 2.60. The molecule has 0 aliphatic rings. The Morgan fingerprint density at radius 2 is 2.28 bits per heavy atom. The number of rotatable bonds is 3. The zero-order chi connectivity index (χ0) is 13.1. The maximum absolute atomic E-state index is 11.8. The number of pyridine rings is 1. The van der Waals surface area contributed by atoms with E-state index in [1.54, 1.807) is 4.68 Å². The molecule has 0 saturated carbocycles. The molecule has 18 heavy (non-hydrogen) atoms. The monoisotopic (exact) mass is 246 g/mol. The quantitative estimate of drug-likeness (QED) is 0.820. The lowest BCUT2D eigenvalue weighted by molar-refractivity contribution is 0.0950. The van der Waals surface area contributed by atoms with Crippen LogP contribution in [0.4, 0.5) is 0 Å². The minimum Gasteiger partial charge on any atom is -0.348 e. The van der Waals surface area contributed by atoms with Crippen molar-refractivity contribution in [2.24, 2.45) is 7.05 Å². The molecule has 6 heteroatoms. The SMILES string of the molecule is Cc1nn(C)cc1CNC(=O)c1ccc(=O)[nH]c1. The van der Waals surface area contributed by atoms with Crippen molar-refractivity contribution < 1.29 is 4.79 Å². The Bertz CT molecular complexity index is 607. The number of carbonyl (C=O) groups excluding carboxylic acids is 1. The molecule has 0 atom stereocenters. The zero-order valence-corrected chi connectivity index (χ0v) is 10.2. The number of aryl methyl sites for hydroxylation is 2. The first-order valence-electron chi connectivity index (χ1n) is 5.52. The molecular weight excluding hydrogens is 232 g/mol. The summed E-state index contributed by atoms with van der Waals surface area (Å²) in [6, 6.07) is 2.81. The number of H-pyrrole nitrogens is 1. The van der Waals surface area contributed by atoms with Crippen LogP contribution in [-0.4, -0.2) is 20.7 Å². The van der Waals surface area contributed by atoms with Gasteiger partial charge in [-0.1, -0.05) is 0 Å². The van der Waals surface area contributed by atoms with Crippen LogP contribution in [0, 0.1) is 6.92 Å². The molecular formula is C12H14N4O2. The van der Waals surface area contributed by atoms with E-state index in [-0.39, 0.29) is 11.5 Å². The van der Waals surface area contributed by atoms with Gasteiger partial charge in [0, 0.05) is 37.6 Å². The zero-order valence-electron chi connectivity index (χ0n) is 10.2. The summed E-state index contributed by atoms with van der Waals surface area (Å²) < 4.78 is 1.71. The lowest BCUT2D eigenvalue weighted by Gasteiger charge is -2.03. The summed E-state index contributed by atoms with van der Waals surface area (Å²) in [5.41, 5.74) is 2.06. The van der Waals surface area contributed by atoms with Crippen LogP contribution in [0.25, 0.3) is 0 Å². The van der Waals surface area contributed by atoms with Crippen molar-refractivity contribution in [2.45, 2.75) is 13.5 Å². The summed E-state index contributed by atoms with van der Waals surface area (Å²) >= 11 is 0. The van der Waals surface area contributed by atoms with Crippen molar-refractivity contribution >= 4 is 5.91 Å².